The molecule has 2 aromatic rings. The molecule has 0 radical (unpaired) electrons. The zero-order valence-corrected chi connectivity index (χ0v) is 16.4. The molecular weight excluding hydrogens is 413 g/mol. The minimum atomic E-state index is -5.08. The predicted molar refractivity (Wildman–Crippen MR) is 98.3 cm³/mol. The molecule has 0 saturated heterocycles. The molecule has 1 amide bonds. The number of nitrogens with zero attached hydrogens (tertiary/aromatic N) is 1. The Morgan fingerprint density at radius 1 is 1.24 bits per heavy atom. The number of carbonyl (C=O) groups excluding carboxylic acids is 1. The molecule has 1 aliphatic rings. The highest BCUT2D eigenvalue weighted by Gasteiger charge is 2.38. The van der Waals surface area contributed by atoms with Crippen molar-refractivity contribution >= 4 is 23.2 Å². The number of amides is 1. The second kappa shape index (κ2) is 9.59. The third-order valence-electron chi connectivity index (χ3n) is 3.78. The number of halogens is 3. The highest BCUT2D eigenvalue weighted by atomic mass is 32.1. The van der Waals surface area contributed by atoms with Gasteiger partial charge in [-0.3, -0.25) is 4.79 Å². The summed E-state index contributed by atoms with van der Waals surface area (Å²) in [5.41, 5.74) is 1.99. The number of hydrogen-bond donors (Lipinski definition) is 2. The van der Waals surface area contributed by atoms with E-state index in [1.54, 1.807) is 11.3 Å². The number of carbonyl (C=O) groups is 2. The Morgan fingerprint density at radius 3 is 2.48 bits per heavy atom. The smallest absolute Gasteiger partial charge is 0.475 e. The fraction of sp³-hybridized carbons (Fsp3) is 0.389. The van der Waals surface area contributed by atoms with Gasteiger partial charge < -0.3 is 19.9 Å². The van der Waals surface area contributed by atoms with E-state index < -0.39 is 12.1 Å². The summed E-state index contributed by atoms with van der Waals surface area (Å²) in [7, 11) is 0. The molecule has 11 heteroatoms. The van der Waals surface area contributed by atoms with Crippen molar-refractivity contribution < 1.29 is 37.3 Å². The van der Waals surface area contributed by atoms with Crippen LogP contribution in [0.25, 0.3) is 0 Å². The van der Waals surface area contributed by atoms with Crippen LogP contribution in [0.1, 0.15) is 21.1 Å². The maximum absolute atomic E-state index is 12.0. The summed E-state index contributed by atoms with van der Waals surface area (Å²) >= 11 is 1.69. The highest BCUT2D eigenvalue weighted by molar-refractivity contribution is 7.11. The van der Waals surface area contributed by atoms with E-state index in [-0.39, 0.29) is 12.7 Å². The number of ether oxygens (including phenoxy) is 2. The minimum Gasteiger partial charge on any atom is -0.475 e. The van der Waals surface area contributed by atoms with Crippen molar-refractivity contribution in [3.8, 4) is 11.5 Å². The first kappa shape index (κ1) is 22.5. The molecule has 0 spiro atoms. The van der Waals surface area contributed by atoms with E-state index in [0.717, 1.165) is 28.4 Å². The normalized spacial score (nSPS) is 12.2. The van der Waals surface area contributed by atoms with Crippen LogP contribution >= 0.6 is 11.3 Å². The number of aryl methyl sites for hydroxylation is 2. The maximum Gasteiger partial charge on any atom is 0.490 e. The molecule has 29 heavy (non-hydrogen) atoms. The van der Waals surface area contributed by atoms with Gasteiger partial charge in [-0.05, 0) is 31.5 Å². The molecule has 1 aliphatic heterocycles. The van der Waals surface area contributed by atoms with Gasteiger partial charge in [-0.15, -0.1) is 11.3 Å². The number of thiazole rings is 1. The van der Waals surface area contributed by atoms with E-state index in [4.69, 9.17) is 19.4 Å². The summed E-state index contributed by atoms with van der Waals surface area (Å²) in [5.74, 6) is -1.31. The molecule has 3 rings (SSSR count). The number of rotatable bonds is 5. The molecule has 1 aromatic heterocycles. The largest absolute Gasteiger partial charge is 0.490 e. The Labute approximate surface area is 168 Å². The van der Waals surface area contributed by atoms with Gasteiger partial charge in [0.05, 0.1) is 17.1 Å². The molecule has 0 bridgehead atoms. The lowest BCUT2D eigenvalue weighted by Crippen LogP contribution is -2.27. The van der Waals surface area contributed by atoms with Gasteiger partial charge in [-0.25, -0.2) is 9.78 Å². The van der Waals surface area contributed by atoms with Crippen LogP contribution in [-0.2, 0) is 22.4 Å². The number of aliphatic carboxylic acids is 1. The summed E-state index contributed by atoms with van der Waals surface area (Å²) in [6.07, 6.45) is -3.97. The average Bonchev–Trinajstić information content (AvgIpc) is 3.20. The Hall–Kier alpha value is -2.82. The number of alkyl halides is 3. The summed E-state index contributed by atoms with van der Waals surface area (Å²) in [6, 6.07) is 5.59. The zero-order valence-electron chi connectivity index (χ0n) is 15.6. The summed E-state index contributed by atoms with van der Waals surface area (Å²) in [4.78, 5) is 26.6. The van der Waals surface area contributed by atoms with Crippen molar-refractivity contribution in [2.24, 2.45) is 0 Å². The van der Waals surface area contributed by atoms with Crippen molar-refractivity contribution in [3.05, 3.63) is 39.3 Å². The van der Waals surface area contributed by atoms with Crippen LogP contribution in [0.2, 0.25) is 0 Å². The van der Waals surface area contributed by atoms with Crippen LogP contribution in [0.5, 0.6) is 11.5 Å². The van der Waals surface area contributed by atoms with Crippen LogP contribution in [0.4, 0.5) is 13.2 Å². The molecule has 0 unspecified atom stereocenters. The summed E-state index contributed by atoms with van der Waals surface area (Å²) in [6.45, 7) is 4.93. The Balaban J connectivity index is 0.000000370. The molecule has 2 heterocycles. The Kier molecular flexibility index (Phi) is 7.43. The van der Waals surface area contributed by atoms with Gasteiger partial charge >= 0.3 is 12.1 Å². The number of carboxylic acids is 1. The number of fused-ring (bicyclic) bond motifs is 1. The average molecular weight is 432 g/mol. The van der Waals surface area contributed by atoms with Gasteiger partial charge in [0, 0.05) is 17.8 Å². The van der Waals surface area contributed by atoms with Crippen molar-refractivity contribution in [3.63, 3.8) is 0 Å². The van der Waals surface area contributed by atoms with Crippen molar-refractivity contribution in [1.29, 1.82) is 0 Å². The third kappa shape index (κ3) is 6.93. The summed E-state index contributed by atoms with van der Waals surface area (Å²) in [5, 5.41) is 11.1. The van der Waals surface area contributed by atoms with E-state index in [0.29, 0.717) is 18.7 Å². The number of carboxylic acid groups (broad SMARTS) is 1. The Bertz CT molecular complexity index is 863. The predicted octanol–water partition coefficient (Wildman–Crippen LogP) is 3.02. The fourth-order valence-electron chi connectivity index (χ4n) is 2.25. The Morgan fingerprint density at radius 2 is 1.90 bits per heavy atom. The lowest BCUT2D eigenvalue weighted by Gasteiger charge is -2.05. The molecule has 0 atom stereocenters. The molecule has 158 valence electrons. The van der Waals surface area contributed by atoms with Crippen molar-refractivity contribution in [2.45, 2.75) is 32.9 Å². The van der Waals surface area contributed by atoms with Crippen LogP contribution in [-0.4, -0.2) is 41.5 Å². The number of aromatic nitrogens is 1. The lowest BCUT2D eigenvalue weighted by molar-refractivity contribution is -0.192. The molecular formula is C18H19F3N2O5S. The third-order valence-corrected chi connectivity index (χ3v) is 4.91. The first-order valence-corrected chi connectivity index (χ1v) is 9.26. The first-order valence-electron chi connectivity index (χ1n) is 8.44. The summed E-state index contributed by atoms with van der Waals surface area (Å²) < 4.78 is 42.3. The van der Waals surface area contributed by atoms with E-state index in [9.17, 15) is 18.0 Å². The fourth-order valence-corrected chi connectivity index (χ4v) is 3.19. The second-order valence-electron chi connectivity index (χ2n) is 6.02. The molecule has 0 fully saturated rings. The monoisotopic (exact) mass is 432 g/mol. The van der Waals surface area contributed by atoms with Gasteiger partial charge in [0.15, 0.2) is 11.5 Å². The number of nitrogens with one attached hydrogen (secondary N) is 1. The topological polar surface area (TPSA) is 97.8 Å². The quantitative estimate of drug-likeness (QED) is 0.754. The van der Waals surface area contributed by atoms with Crippen molar-refractivity contribution in [2.75, 3.05) is 13.3 Å². The van der Waals surface area contributed by atoms with Gasteiger partial charge in [-0.1, -0.05) is 6.07 Å². The van der Waals surface area contributed by atoms with Crippen molar-refractivity contribution in [1.82, 2.24) is 10.3 Å². The molecule has 1 aromatic carbocycles. The standard InChI is InChI=1S/C16H18N2O3S.C2HF3O2/c1-10-11(2)22-16(18-10)5-6-17-15(19)8-12-3-4-13-14(7-12)21-9-20-13;3-2(4,5)1(6)7/h3-4,7H,5-6,8-9H2,1-2H3,(H,17,19);(H,6,7). The number of hydrogen-bond acceptors (Lipinski definition) is 6. The molecule has 0 saturated carbocycles. The van der Waals surface area contributed by atoms with E-state index in [2.05, 4.69) is 17.2 Å². The second-order valence-corrected chi connectivity index (χ2v) is 7.30. The van der Waals surface area contributed by atoms with Gasteiger partial charge in [0.2, 0.25) is 12.7 Å². The SMILES string of the molecule is Cc1nc(CCNC(=O)Cc2ccc3c(c2)OCO3)sc1C.O=C(O)C(F)(F)F. The zero-order chi connectivity index (χ0) is 21.6. The van der Waals surface area contributed by atoms with Crippen LogP contribution in [0.3, 0.4) is 0 Å². The number of benzene rings is 1. The molecule has 7 nitrogen and oxygen atoms in total. The van der Waals surface area contributed by atoms with Gasteiger partial charge in [0.25, 0.3) is 0 Å². The minimum absolute atomic E-state index is 0.00358. The molecule has 2 N–H and O–H groups in total. The first-order chi connectivity index (χ1) is 13.6. The molecule has 0 aliphatic carbocycles. The van der Waals surface area contributed by atoms with Gasteiger partial charge in [-0.2, -0.15) is 13.2 Å². The maximum atomic E-state index is 12.0. The van der Waals surface area contributed by atoms with Gasteiger partial charge in [0.1, 0.15) is 0 Å². The lowest BCUT2D eigenvalue weighted by atomic mass is 10.1. The highest BCUT2D eigenvalue weighted by Crippen LogP contribution is 2.32. The van der Waals surface area contributed by atoms with E-state index >= 15 is 0 Å². The van der Waals surface area contributed by atoms with Crippen LogP contribution < -0.4 is 14.8 Å². The van der Waals surface area contributed by atoms with E-state index in [1.807, 2.05) is 25.1 Å². The van der Waals surface area contributed by atoms with Crippen LogP contribution in [0, 0.1) is 13.8 Å². The van der Waals surface area contributed by atoms with E-state index in [1.165, 1.54) is 4.88 Å². The van der Waals surface area contributed by atoms with Crippen LogP contribution in [0.15, 0.2) is 18.2 Å².